The molecule has 0 aliphatic carbocycles. The quantitative estimate of drug-likeness (QED) is 0.352. The number of rotatable bonds is 9. The zero-order chi connectivity index (χ0) is 26.5. The van der Waals surface area contributed by atoms with Crippen molar-refractivity contribution in [2.24, 2.45) is 5.92 Å². The lowest BCUT2D eigenvalue weighted by molar-refractivity contribution is -0.141. The second kappa shape index (κ2) is 10.8. The molecule has 0 saturated carbocycles. The van der Waals surface area contributed by atoms with Gasteiger partial charge in [0, 0.05) is 18.4 Å². The van der Waals surface area contributed by atoms with Crippen molar-refractivity contribution in [2.75, 3.05) is 5.32 Å². The van der Waals surface area contributed by atoms with E-state index in [2.05, 4.69) is 15.3 Å². The van der Waals surface area contributed by atoms with Crippen molar-refractivity contribution < 1.29 is 23.4 Å². The van der Waals surface area contributed by atoms with Crippen molar-refractivity contribution in [3.63, 3.8) is 0 Å². The molecule has 0 bridgehead atoms. The average Bonchev–Trinajstić information content (AvgIpc) is 2.87. The molecular weight excluding hydrogens is 488 g/mol. The van der Waals surface area contributed by atoms with Crippen LogP contribution in [0, 0.1) is 17.6 Å². The van der Waals surface area contributed by atoms with E-state index < -0.39 is 34.9 Å². The first-order chi connectivity index (χ1) is 17.7. The number of aliphatic carboxylic acids is 1. The summed E-state index contributed by atoms with van der Waals surface area (Å²) in [6.45, 7) is 0.918. The van der Waals surface area contributed by atoms with Crippen molar-refractivity contribution >= 4 is 17.6 Å². The van der Waals surface area contributed by atoms with E-state index in [9.17, 15) is 28.3 Å². The average molecular weight is 509 g/mol. The van der Waals surface area contributed by atoms with Gasteiger partial charge in [-0.05, 0) is 54.1 Å². The first kappa shape index (κ1) is 25.2. The predicted molar refractivity (Wildman–Crippen MR) is 129 cm³/mol. The van der Waals surface area contributed by atoms with Gasteiger partial charge in [-0.15, -0.1) is 0 Å². The number of anilines is 2. The highest BCUT2D eigenvalue weighted by Gasteiger charge is 2.19. The SMILES string of the molecule is C[C@@H](Cn1c(=O)nc(Nc2ccc(Oc3ncccc3F)cc2)n(Cc2ccc(F)cc2)c1=O)C(=O)O. The molecule has 0 unspecified atom stereocenters. The number of hydrogen-bond donors (Lipinski definition) is 2. The van der Waals surface area contributed by atoms with Gasteiger partial charge in [0.15, 0.2) is 5.82 Å². The molecule has 0 fully saturated rings. The summed E-state index contributed by atoms with van der Waals surface area (Å²) in [5.74, 6) is -3.29. The number of halogens is 2. The molecule has 4 rings (SSSR count). The third-order valence-electron chi connectivity index (χ3n) is 5.33. The summed E-state index contributed by atoms with van der Waals surface area (Å²) in [6, 6.07) is 14.2. The van der Waals surface area contributed by atoms with Crippen molar-refractivity contribution in [3.8, 4) is 11.6 Å². The normalized spacial score (nSPS) is 11.6. The summed E-state index contributed by atoms with van der Waals surface area (Å²) in [7, 11) is 0. The van der Waals surface area contributed by atoms with Crippen LogP contribution in [0.2, 0.25) is 0 Å². The summed E-state index contributed by atoms with van der Waals surface area (Å²) in [6.07, 6.45) is 1.39. The van der Waals surface area contributed by atoms with E-state index in [1.54, 1.807) is 12.1 Å². The largest absolute Gasteiger partial charge is 0.481 e. The molecule has 0 aliphatic rings. The first-order valence-electron chi connectivity index (χ1n) is 11.1. The van der Waals surface area contributed by atoms with Crippen LogP contribution in [0.15, 0.2) is 76.4 Å². The summed E-state index contributed by atoms with van der Waals surface area (Å²) < 4.78 is 34.5. The van der Waals surface area contributed by atoms with E-state index in [1.165, 1.54) is 61.7 Å². The fraction of sp³-hybridized carbons (Fsp3) is 0.160. The van der Waals surface area contributed by atoms with Gasteiger partial charge >= 0.3 is 17.3 Å². The van der Waals surface area contributed by atoms with Crippen molar-refractivity contribution in [1.82, 2.24) is 19.1 Å². The second-order valence-corrected chi connectivity index (χ2v) is 8.10. The Morgan fingerprint density at radius 1 is 1.05 bits per heavy atom. The molecule has 2 N–H and O–H groups in total. The topological polar surface area (TPSA) is 128 Å². The number of nitrogens with one attached hydrogen (secondary N) is 1. The highest BCUT2D eigenvalue weighted by molar-refractivity contribution is 5.69. The fourth-order valence-corrected chi connectivity index (χ4v) is 3.34. The maximum Gasteiger partial charge on any atom is 0.354 e. The van der Waals surface area contributed by atoms with Gasteiger partial charge in [-0.2, -0.15) is 4.98 Å². The number of nitrogens with zero attached hydrogens (tertiary/aromatic N) is 4. The standard InChI is InChI=1S/C25H21F2N5O5/c1-15(22(33)34)13-32-24(35)30-23(31(25(32)36)14-16-4-6-17(26)7-5-16)29-18-8-10-19(11-9-18)37-21-20(27)3-2-12-28-21/h2-12,15H,13-14H2,1H3,(H,33,34)(H,29,30,35)/t15-/m0/s1. The summed E-state index contributed by atoms with van der Waals surface area (Å²) in [5, 5.41) is 12.1. The molecule has 0 aliphatic heterocycles. The highest BCUT2D eigenvalue weighted by Crippen LogP contribution is 2.24. The Labute approximate surface area is 208 Å². The van der Waals surface area contributed by atoms with Crippen LogP contribution in [0.25, 0.3) is 0 Å². The third-order valence-corrected chi connectivity index (χ3v) is 5.33. The summed E-state index contributed by atoms with van der Waals surface area (Å²) in [5.41, 5.74) is -0.748. The zero-order valence-electron chi connectivity index (χ0n) is 19.5. The Morgan fingerprint density at radius 3 is 2.41 bits per heavy atom. The minimum atomic E-state index is -1.17. The third kappa shape index (κ3) is 6.04. The number of benzene rings is 2. The maximum absolute atomic E-state index is 13.8. The second-order valence-electron chi connectivity index (χ2n) is 8.10. The number of pyridine rings is 1. The van der Waals surface area contributed by atoms with E-state index >= 15 is 0 Å². The molecule has 12 heteroatoms. The number of aromatic nitrogens is 4. The Morgan fingerprint density at radius 2 is 1.76 bits per heavy atom. The Balaban J connectivity index is 1.66. The lowest BCUT2D eigenvalue weighted by Crippen LogP contribution is -2.44. The fourth-order valence-electron chi connectivity index (χ4n) is 3.34. The number of carboxylic acids is 1. The number of hydrogen-bond acceptors (Lipinski definition) is 7. The van der Waals surface area contributed by atoms with Gasteiger partial charge in [0.05, 0.1) is 12.5 Å². The monoisotopic (exact) mass is 509 g/mol. The van der Waals surface area contributed by atoms with Gasteiger partial charge in [-0.1, -0.05) is 19.1 Å². The minimum Gasteiger partial charge on any atom is -0.481 e. The molecule has 1 atom stereocenters. The maximum atomic E-state index is 13.8. The van der Waals surface area contributed by atoms with Crippen LogP contribution in [0.1, 0.15) is 12.5 Å². The highest BCUT2D eigenvalue weighted by atomic mass is 19.1. The Kier molecular flexibility index (Phi) is 7.37. The molecule has 2 heterocycles. The van der Waals surface area contributed by atoms with Gasteiger partial charge in [0.25, 0.3) is 5.88 Å². The van der Waals surface area contributed by atoms with Crippen LogP contribution in [0.5, 0.6) is 11.6 Å². The molecular formula is C25H21F2N5O5. The predicted octanol–water partition coefficient (Wildman–Crippen LogP) is 3.38. The summed E-state index contributed by atoms with van der Waals surface area (Å²) >= 11 is 0. The van der Waals surface area contributed by atoms with Crippen LogP contribution < -0.4 is 21.4 Å². The first-order valence-corrected chi connectivity index (χ1v) is 11.1. The van der Waals surface area contributed by atoms with E-state index in [-0.39, 0.29) is 30.7 Å². The molecule has 2 aromatic heterocycles. The lowest BCUT2D eigenvalue weighted by Gasteiger charge is -2.17. The van der Waals surface area contributed by atoms with Crippen molar-refractivity contribution in [1.29, 1.82) is 0 Å². The lowest BCUT2D eigenvalue weighted by atomic mass is 10.2. The molecule has 0 amide bonds. The van der Waals surface area contributed by atoms with Crippen molar-refractivity contribution in [2.45, 2.75) is 20.0 Å². The van der Waals surface area contributed by atoms with Crippen LogP contribution >= 0.6 is 0 Å². The van der Waals surface area contributed by atoms with Gasteiger partial charge in [0.1, 0.15) is 11.6 Å². The molecule has 0 saturated heterocycles. The van der Waals surface area contributed by atoms with Gasteiger partial charge in [0.2, 0.25) is 5.95 Å². The molecule has 10 nitrogen and oxygen atoms in total. The van der Waals surface area contributed by atoms with E-state index in [4.69, 9.17) is 4.74 Å². The molecule has 0 spiro atoms. The van der Waals surface area contributed by atoms with Gasteiger partial charge < -0.3 is 15.2 Å². The van der Waals surface area contributed by atoms with E-state index in [1.807, 2.05) is 0 Å². The molecule has 2 aromatic carbocycles. The van der Waals surface area contributed by atoms with Crippen LogP contribution in [0.4, 0.5) is 20.4 Å². The molecule has 4 aromatic rings. The molecule has 190 valence electrons. The minimum absolute atomic E-state index is 0.0731. The van der Waals surface area contributed by atoms with Crippen LogP contribution in [-0.2, 0) is 17.9 Å². The van der Waals surface area contributed by atoms with Gasteiger partial charge in [-0.3, -0.25) is 9.36 Å². The van der Waals surface area contributed by atoms with Crippen molar-refractivity contribution in [3.05, 3.63) is 105 Å². The van der Waals surface area contributed by atoms with Crippen LogP contribution in [-0.4, -0.2) is 30.2 Å². The zero-order valence-corrected chi connectivity index (χ0v) is 19.5. The number of carbonyl (C=O) groups is 1. The summed E-state index contributed by atoms with van der Waals surface area (Å²) in [4.78, 5) is 44.9. The molecule has 0 radical (unpaired) electrons. The Hall–Kier alpha value is -4.87. The Bertz CT molecular complexity index is 1540. The molecule has 37 heavy (non-hydrogen) atoms. The van der Waals surface area contributed by atoms with Gasteiger partial charge in [-0.25, -0.2) is 27.9 Å². The van der Waals surface area contributed by atoms with E-state index in [0.29, 0.717) is 11.3 Å². The van der Waals surface area contributed by atoms with E-state index in [0.717, 1.165) is 9.13 Å². The number of carboxylic acid groups (broad SMARTS) is 1. The van der Waals surface area contributed by atoms with Crippen LogP contribution in [0.3, 0.4) is 0 Å². The smallest absolute Gasteiger partial charge is 0.354 e. The number of ether oxygens (including phenoxy) is 1.